The molecule has 6 aromatic heterocycles. The largest absolute Gasteiger partial charge is 0.255 e. The van der Waals surface area contributed by atoms with Gasteiger partial charge >= 0.3 is 0 Å². The zero-order valence-electron chi connectivity index (χ0n) is 31.6. The Balaban J connectivity index is 1.09. The van der Waals surface area contributed by atoms with E-state index in [1.165, 1.54) is 0 Å². The lowest BCUT2D eigenvalue weighted by atomic mass is 9.89. The van der Waals surface area contributed by atoms with Crippen LogP contribution in [0.15, 0.2) is 170 Å². The Bertz CT molecular complexity index is 3370. The van der Waals surface area contributed by atoms with Gasteiger partial charge in [0.05, 0.1) is 11.0 Å². The zero-order chi connectivity index (χ0) is 39.6. The van der Waals surface area contributed by atoms with E-state index in [2.05, 4.69) is 58.5 Å². The summed E-state index contributed by atoms with van der Waals surface area (Å²) in [5.74, 6) is 3.08. The Labute approximate surface area is 341 Å². The SMILES string of the molecule is c1ccc(-c2nc(-c3ccc4ccc5c(-c6nc(-c7ccccn7)nc(-c7cccc8cccnc78)n6)ccc6ccc3c4c65)nc(-c3cccc4cccnc34)n2)nc1. The molecule has 0 bridgehead atoms. The molecule has 12 rings (SSSR count). The van der Waals surface area contributed by atoms with E-state index in [1.54, 1.807) is 24.8 Å². The molecule has 278 valence electrons. The quantitative estimate of drug-likeness (QED) is 0.151. The predicted octanol–water partition coefficient (Wildman–Crippen LogP) is 10.8. The van der Waals surface area contributed by atoms with Crippen molar-refractivity contribution in [2.24, 2.45) is 0 Å². The van der Waals surface area contributed by atoms with Gasteiger partial charge < -0.3 is 0 Å². The van der Waals surface area contributed by atoms with Crippen LogP contribution >= 0.6 is 0 Å². The molecule has 0 saturated heterocycles. The molecule has 0 spiro atoms. The van der Waals surface area contributed by atoms with E-state index < -0.39 is 0 Å². The van der Waals surface area contributed by atoms with Gasteiger partial charge in [-0.1, -0.05) is 84.9 Å². The van der Waals surface area contributed by atoms with E-state index in [1.807, 2.05) is 97.1 Å². The number of para-hydroxylation sites is 2. The van der Waals surface area contributed by atoms with E-state index in [4.69, 9.17) is 39.9 Å². The maximum atomic E-state index is 5.17. The van der Waals surface area contributed by atoms with Crippen molar-refractivity contribution in [3.8, 4) is 68.6 Å². The lowest BCUT2D eigenvalue weighted by Crippen LogP contribution is -2.03. The molecule has 6 heterocycles. The second kappa shape index (κ2) is 13.6. The first kappa shape index (κ1) is 33.6. The standard InChI is InChI=1S/C50H28N10/c1-3-25-51-39(15-1)49-57-45(55-47(59-49)37-13-5-9-31-11-7-27-53-43(31)37)35-23-19-29-18-22-34-36(24-20-30-17-21-33(35)41(29)42(30)34)46-56-48(60-50(58-46)40-16-2-4-26-52-40)38-14-6-10-32-12-8-28-54-44(32)38/h1-28H. The van der Waals surface area contributed by atoms with E-state index in [0.717, 1.165) is 76.4 Å². The third-order valence-corrected chi connectivity index (χ3v) is 11.0. The van der Waals surface area contributed by atoms with Crippen LogP contribution in [-0.2, 0) is 0 Å². The van der Waals surface area contributed by atoms with Gasteiger partial charge in [0.25, 0.3) is 0 Å². The third-order valence-electron chi connectivity index (χ3n) is 11.0. The monoisotopic (exact) mass is 768 g/mol. The number of aromatic nitrogens is 10. The number of hydrogen-bond acceptors (Lipinski definition) is 10. The molecule has 60 heavy (non-hydrogen) atoms. The highest BCUT2D eigenvalue weighted by molar-refractivity contribution is 6.27. The van der Waals surface area contributed by atoms with E-state index >= 15 is 0 Å². The Kier molecular flexibility index (Phi) is 7.60. The van der Waals surface area contributed by atoms with Crippen molar-refractivity contribution in [2.45, 2.75) is 0 Å². The highest BCUT2D eigenvalue weighted by atomic mass is 15.1. The van der Waals surface area contributed by atoms with Gasteiger partial charge in [0.2, 0.25) is 0 Å². The molecule has 0 atom stereocenters. The predicted molar refractivity (Wildman–Crippen MR) is 236 cm³/mol. The van der Waals surface area contributed by atoms with Crippen molar-refractivity contribution in [3.63, 3.8) is 0 Å². The molecule has 12 aromatic rings. The van der Waals surface area contributed by atoms with Gasteiger partial charge in [-0.25, -0.2) is 29.9 Å². The maximum Gasteiger partial charge on any atom is 0.182 e. The molecule has 0 radical (unpaired) electrons. The molecular weight excluding hydrogens is 741 g/mol. The summed E-state index contributed by atoms with van der Waals surface area (Å²) in [6, 6.07) is 48.6. The average molecular weight is 769 g/mol. The van der Waals surface area contributed by atoms with Crippen molar-refractivity contribution in [3.05, 3.63) is 170 Å². The van der Waals surface area contributed by atoms with Crippen LogP contribution in [0.25, 0.3) is 123 Å². The normalized spacial score (nSPS) is 11.7. The molecule has 0 saturated carbocycles. The number of benzene rings is 6. The van der Waals surface area contributed by atoms with Crippen LogP contribution in [0.2, 0.25) is 0 Å². The molecule has 0 unspecified atom stereocenters. The van der Waals surface area contributed by atoms with Crippen LogP contribution in [0.4, 0.5) is 0 Å². The summed E-state index contributed by atoms with van der Waals surface area (Å²) in [4.78, 5) is 49.1. The average Bonchev–Trinajstić information content (AvgIpc) is 3.33. The number of hydrogen-bond donors (Lipinski definition) is 0. The van der Waals surface area contributed by atoms with Crippen LogP contribution in [0, 0.1) is 0 Å². The van der Waals surface area contributed by atoms with Crippen molar-refractivity contribution >= 4 is 54.1 Å². The summed E-state index contributed by atoms with van der Waals surface area (Å²) in [6.07, 6.45) is 7.08. The third kappa shape index (κ3) is 5.50. The second-order valence-corrected chi connectivity index (χ2v) is 14.5. The topological polar surface area (TPSA) is 129 Å². The van der Waals surface area contributed by atoms with Gasteiger partial charge in [0.15, 0.2) is 34.9 Å². The van der Waals surface area contributed by atoms with Crippen LogP contribution in [-0.4, -0.2) is 49.8 Å². The number of pyridine rings is 4. The minimum absolute atomic E-state index is 0.479. The summed E-state index contributed by atoms with van der Waals surface area (Å²) in [6.45, 7) is 0. The summed E-state index contributed by atoms with van der Waals surface area (Å²) in [5.41, 5.74) is 6.32. The molecule has 0 fully saturated rings. The van der Waals surface area contributed by atoms with Crippen LogP contribution in [0.5, 0.6) is 0 Å². The minimum Gasteiger partial charge on any atom is -0.255 e. The fourth-order valence-electron chi connectivity index (χ4n) is 8.21. The number of fused-ring (bicyclic) bond motifs is 2. The highest BCUT2D eigenvalue weighted by Gasteiger charge is 2.21. The molecule has 0 aliphatic heterocycles. The smallest absolute Gasteiger partial charge is 0.182 e. The molecule has 0 aliphatic carbocycles. The van der Waals surface area contributed by atoms with Crippen LogP contribution < -0.4 is 0 Å². The molecular formula is C50H28N10. The van der Waals surface area contributed by atoms with E-state index in [-0.39, 0.29) is 0 Å². The summed E-state index contributed by atoms with van der Waals surface area (Å²) < 4.78 is 0. The second-order valence-electron chi connectivity index (χ2n) is 14.5. The lowest BCUT2D eigenvalue weighted by Gasteiger charge is -2.16. The van der Waals surface area contributed by atoms with Crippen molar-refractivity contribution in [2.75, 3.05) is 0 Å². The highest BCUT2D eigenvalue weighted by Crippen LogP contribution is 2.42. The zero-order valence-corrected chi connectivity index (χ0v) is 31.6. The lowest BCUT2D eigenvalue weighted by molar-refractivity contribution is 1.06. The fraction of sp³-hybridized carbons (Fsp3) is 0. The van der Waals surface area contributed by atoms with Gasteiger partial charge in [-0.2, -0.15) is 0 Å². The molecule has 0 aliphatic rings. The summed E-state index contributed by atoms with van der Waals surface area (Å²) in [7, 11) is 0. The Morgan fingerprint density at radius 3 is 1.10 bits per heavy atom. The van der Waals surface area contributed by atoms with Crippen molar-refractivity contribution < 1.29 is 0 Å². The van der Waals surface area contributed by atoms with E-state index in [0.29, 0.717) is 46.3 Å². The maximum absolute atomic E-state index is 5.17. The van der Waals surface area contributed by atoms with E-state index in [9.17, 15) is 0 Å². The summed E-state index contributed by atoms with van der Waals surface area (Å²) in [5, 5.41) is 8.39. The van der Waals surface area contributed by atoms with Crippen LogP contribution in [0.3, 0.4) is 0 Å². The van der Waals surface area contributed by atoms with Gasteiger partial charge in [0.1, 0.15) is 11.4 Å². The van der Waals surface area contributed by atoms with Gasteiger partial charge in [-0.3, -0.25) is 19.9 Å². The number of rotatable bonds is 6. The Morgan fingerprint density at radius 2 is 0.650 bits per heavy atom. The molecule has 10 heteroatoms. The van der Waals surface area contributed by atoms with Gasteiger partial charge in [-0.15, -0.1) is 0 Å². The van der Waals surface area contributed by atoms with Crippen molar-refractivity contribution in [1.82, 2.24) is 49.8 Å². The molecule has 0 amide bonds. The van der Waals surface area contributed by atoms with Crippen molar-refractivity contribution in [1.29, 1.82) is 0 Å². The first-order valence-electron chi connectivity index (χ1n) is 19.5. The van der Waals surface area contributed by atoms with Gasteiger partial charge in [0, 0.05) is 57.8 Å². The first-order valence-corrected chi connectivity index (χ1v) is 19.5. The Morgan fingerprint density at radius 1 is 0.250 bits per heavy atom. The van der Waals surface area contributed by atoms with Gasteiger partial charge in [-0.05, 0) is 93.0 Å². The first-order chi connectivity index (χ1) is 29.7. The number of nitrogens with zero attached hydrogens (tertiary/aromatic N) is 10. The van der Waals surface area contributed by atoms with Crippen LogP contribution in [0.1, 0.15) is 0 Å². The molecule has 10 nitrogen and oxygen atoms in total. The Hall–Kier alpha value is -8.50. The molecule has 6 aromatic carbocycles. The summed E-state index contributed by atoms with van der Waals surface area (Å²) >= 11 is 0. The minimum atomic E-state index is 0.479. The molecule has 0 N–H and O–H groups in total. The fourth-order valence-corrected chi connectivity index (χ4v) is 8.21.